The Hall–Kier alpha value is 0.310. The molecule has 1 rings (SSSR count). The van der Waals surface area contributed by atoms with E-state index in [2.05, 4.69) is 17.9 Å². The minimum absolute atomic E-state index is 1.07. The van der Waals surface area contributed by atoms with Crippen molar-refractivity contribution in [3.63, 3.8) is 0 Å². The lowest BCUT2D eigenvalue weighted by Crippen LogP contribution is -2.06. The summed E-state index contributed by atoms with van der Waals surface area (Å²) < 4.78 is 0. The molecular weight excluding hydrogens is 94.1 g/mol. The Balaban J connectivity index is 2.18. The maximum absolute atomic E-state index is 3.44. The van der Waals surface area contributed by atoms with Crippen LogP contribution in [0.3, 0.4) is 0 Å². The SMILES string of the molecule is [SH2+][C-]1CCNC1. The molecule has 0 aromatic rings. The van der Waals surface area contributed by atoms with Gasteiger partial charge in [0.15, 0.2) is 0 Å². The van der Waals surface area contributed by atoms with Gasteiger partial charge in [-0.1, -0.05) is 11.8 Å². The van der Waals surface area contributed by atoms with E-state index < -0.39 is 0 Å². The molecule has 0 unspecified atom stereocenters. The summed E-state index contributed by atoms with van der Waals surface area (Å²) in [6, 6.07) is 0. The fourth-order valence-corrected chi connectivity index (χ4v) is 0.817. The van der Waals surface area contributed by atoms with Crippen LogP contribution in [0.2, 0.25) is 0 Å². The van der Waals surface area contributed by atoms with Crippen molar-refractivity contribution >= 4 is 12.6 Å². The highest BCUT2D eigenvalue weighted by Gasteiger charge is 1.99. The van der Waals surface area contributed by atoms with Gasteiger partial charge in [0.1, 0.15) is 0 Å². The van der Waals surface area contributed by atoms with Crippen LogP contribution in [0.1, 0.15) is 6.42 Å². The summed E-state index contributed by atoms with van der Waals surface area (Å²) >= 11 is 3.44. The van der Waals surface area contributed by atoms with Crippen LogP contribution in [0.25, 0.3) is 0 Å². The van der Waals surface area contributed by atoms with Gasteiger partial charge in [0.05, 0.1) is 0 Å². The van der Waals surface area contributed by atoms with E-state index in [9.17, 15) is 0 Å². The van der Waals surface area contributed by atoms with Gasteiger partial charge in [-0.3, -0.25) is 0 Å². The average molecular weight is 103 g/mol. The topological polar surface area (TPSA) is 12.0 Å². The van der Waals surface area contributed by atoms with Crippen LogP contribution in [0.4, 0.5) is 0 Å². The highest BCUT2D eigenvalue weighted by Crippen LogP contribution is 2.04. The molecule has 1 N–H and O–H groups in total. The van der Waals surface area contributed by atoms with Crippen molar-refractivity contribution in [1.82, 2.24) is 5.32 Å². The molecule has 6 heavy (non-hydrogen) atoms. The molecule has 0 aromatic heterocycles. The lowest BCUT2D eigenvalue weighted by atomic mass is 10.4. The third-order valence-electron chi connectivity index (χ3n) is 0.942. The standard InChI is InChI=1S/C4H9NS/c6-4-1-2-5-3-4/h5H,1-3,6H2. The molecular formula is C4H9NS. The van der Waals surface area contributed by atoms with Crippen molar-refractivity contribution in [1.29, 1.82) is 0 Å². The van der Waals surface area contributed by atoms with Crippen molar-refractivity contribution in [3.8, 4) is 0 Å². The number of hydrogen-bond donors (Lipinski definition) is 1. The summed E-state index contributed by atoms with van der Waals surface area (Å²) in [5.41, 5.74) is 0. The van der Waals surface area contributed by atoms with Gasteiger partial charge in [-0.15, -0.1) is 6.42 Å². The van der Waals surface area contributed by atoms with Gasteiger partial charge < -0.3 is 5.32 Å². The van der Waals surface area contributed by atoms with Gasteiger partial charge in [-0.25, -0.2) is 0 Å². The van der Waals surface area contributed by atoms with Crippen LogP contribution in [0.15, 0.2) is 0 Å². The lowest BCUT2D eigenvalue weighted by molar-refractivity contribution is 0.862. The summed E-state index contributed by atoms with van der Waals surface area (Å²) in [6.07, 6.45) is 1.21. The third kappa shape index (κ3) is 0.884. The van der Waals surface area contributed by atoms with Gasteiger partial charge in [0.25, 0.3) is 0 Å². The summed E-state index contributed by atoms with van der Waals surface area (Å²) in [5, 5.41) is 4.58. The molecule has 0 aromatic carbocycles. The first kappa shape index (κ1) is 4.47. The molecule has 0 amide bonds. The molecule has 0 bridgehead atoms. The van der Waals surface area contributed by atoms with E-state index in [1.54, 1.807) is 0 Å². The van der Waals surface area contributed by atoms with Crippen LogP contribution in [0.5, 0.6) is 0 Å². The summed E-state index contributed by atoms with van der Waals surface area (Å²) in [6.45, 7) is 2.22. The Bertz CT molecular complexity index is 40.8. The normalized spacial score (nSPS) is 25.5. The summed E-state index contributed by atoms with van der Waals surface area (Å²) in [4.78, 5) is 0. The monoisotopic (exact) mass is 103 g/mol. The fourth-order valence-electron chi connectivity index (χ4n) is 0.567. The van der Waals surface area contributed by atoms with E-state index >= 15 is 0 Å². The maximum Gasteiger partial charge on any atom is -0.0305 e. The zero-order valence-corrected chi connectivity index (χ0v) is 4.62. The Morgan fingerprint density at radius 1 is 1.67 bits per heavy atom. The van der Waals surface area contributed by atoms with Gasteiger partial charge in [-0.05, 0) is 6.54 Å². The average Bonchev–Trinajstić information content (AvgIpc) is 1.86. The second-order valence-electron chi connectivity index (χ2n) is 1.53. The van der Waals surface area contributed by atoms with E-state index in [1.807, 2.05) is 0 Å². The summed E-state index contributed by atoms with van der Waals surface area (Å²) in [7, 11) is 0. The Kier molecular flexibility index (Phi) is 1.37. The quantitative estimate of drug-likeness (QED) is 0.322. The fraction of sp³-hybridized carbons (Fsp3) is 0.750. The highest BCUT2D eigenvalue weighted by molar-refractivity contribution is 7.62. The maximum atomic E-state index is 3.44. The molecule has 0 radical (unpaired) electrons. The molecule has 1 aliphatic heterocycles. The molecule has 0 saturated carbocycles. The molecule has 36 valence electrons. The van der Waals surface area contributed by atoms with Gasteiger partial charge in [0.2, 0.25) is 0 Å². The van der Waals surface area contributed by atoms with E-state index in [-0.39, 0.29) is 0 Å². The molecule has 1 aliphatic rings. The van der Waals surface area contributed by atoms with Crippen molar-refractivity contribution in [2.75, 3.05) is 13.1 Å². The molecule has 0 spiro atoms. The minimum atomic E-state index is 1.07. The Labute approximate surface area is 43.5 Å². The smallest absolute Gasteiger partial charge is 0.0305 e. The predicted octanol–water partition coefficient (Wildman–Crippen LogP) is -0.477. The second-order valence-corrected chi connectivity index (χ2v) is 2.24. The Morgan fingerprint density at radius 3 is 2.67 bits per heavy atom. The molecule has 1 saturated heterocycles. The third-order valence-corrected chi connectivity index (χ3v) is 1.37. The van der Waals surface area contributed by atoms with Crippen LogP contribution in [-0.2, 0) is 12.6 Å². The molecule has 0 atom stereocenters. The molecule has 1 heterocycles. The first-order chi connectivity index (χ1) is 2.89. The van der Waals surface area contributed by atoms with Crippen molar-refractivity contribution < 1.29 is 0 Å². The highest BCUT2D eigenvalue weighted by atomic mass is 32.1. The van der Waals surface area contributed by atoms with Crippen LogP contribution >= 0.6 is 0 Å². The minimum Gasteiger partial charge on any atom is -0.344 e. The van der Waals surface area contributed by atoms with Crippen molar-refractivity contribution in [2.24, 2.45) is 0 Å². The van der Waals surface area contributed by atoms with E-state index in [0.717, 1.165) is 13.1 Å². The largest absolute Gasteiger partial charge is 0.344 e. The number of hydrogen-bond acceptors (Lipinski definition) is 1. The van der Waals surface area contributed by atoms with Crippen LogP contribution in [-0.4, -0.2) is 13.1 Å². The first-order valence-electron chi connectivity index (χ1n) is 2.16. The second kappa shape index (κ2) is 1.85. The predicted molar refractivity (Wildman–Crippen MR) is 30.9 cm³/mol. The Morgan fingerprint density at radius 2 is 2.50 bits per heavy atom. The zero-order chi connectivity index (χ0) is 4.41. The zero-order valence-electron chi connectivity index (χ0n) is 3.62. The first-order valence-corrected chi connectivity index (χ1v) is 2.66. The van der Waals surface area contributed by atoms with Gasteiger partial charge in [0, 0.05) is 0 Å². The van der Waals surface area contributed by atoms with Crippen molar-refractivity contribution in [2.45, 2.75) is 6.42 Å². The lowest BCUT2D eigenvalue weighted by Gasteiger charge is -1.97. The van der Waals surface area contributed by atoms with E-state index in [4.69, 9.17) is 0 Å². The van der Waals surface area contributed by atoms with Gasteiger partial charge >= 0.3 is 0 Å². The molecule has 2 heteroatoms. The van der Waals surface area contributed by atoms with E-state index in [0.29, 0.717) is 0 Å². The van der Waals surface area contributed by atoms with Gasteiger partial charge in [-0.2, -0.15) is 12.6 Å². The molecule has 0 aliphatic carbocycles. The van der Waals surface area contributed by atoms with Crippen molar-refractivity contribution in [3.05, 3.63) is 5.25 Å². The van der Waals surface area contributed by atoms with Crippen LogP contribution < -0.4 is 5.32 Å². The van der Waals surface area contributed by atoms with E-state index in [1.165, 1.54) is 11.7 Å². The number of nitrogens with one attached hydrogen (secondary N) is 1. The molecule has 1 fully saturated rings. The number of rotatable bonds is 0. The molecule has 1 nitrogen and oxygen atoms in total. The van der Waals surface area contributed by atoms with Crippen LogP contribution in [0, 0.1) is 5.25 Å². The summed E-state index contributed by atoms with van der Waals surface area (Å²) in [5.74, 6) is 0.